The summed E-state index contributed by atoms with van der Waals surface area (Å²) in [7, 11) is -1.85. The number of methoxy groups -OCH3 is 1. The van der Waals surface area contributed by atoms with E-state index in [-0.39, 0.29) is 12.6 Å². The molecule has 0 aliphatic carbocycles. The van der Waals surface area contributed by atoms with Crippen LogP contribution in [-0.2, 0) is 14.8 Å². The molecule has 1 N–H and O–H groups in total. The molecule has 0 spiro atoms. The lowest BCUT2D eigenvalue weighted by Gasteiger charge is -2.14. The minimum atomic E-state index is -3.42. The first-order chi connectivity index (χ1) is 8.63. The third kappa shape index (κ3) is 3.18. The van der Waals surface area contributed by atoms with Gasteiger partial charge in [-0.2, -0.15) is 11.3 Å². The first kappa shape index (κ1) is 13.7. The Labute approximate surface area is 114 Å². The van der Waals surface area contributed by atoms with Crippen LogP contribution < -0.4 is 4.72 Å². The van der Waals surface area contributed by atoms with E-state index in [4.69, 9.17) is 4.74 Å². The number of thiophene rings is 2. The van der Waals surface area contributed by atoms with Crippen molar-refractivity contribution >= 4 is 32.7 Å². The van der Waals surface area contributed by atoms with Gasteiger partial charge < -0.3 is 4.74 Å². The monoisotopic (exact) mass is 303 g/mol. The van der Waals surface area contributed by atoms with Gasteiger partial charge in [-0.05, 0) is 33.8 Å². The van der Waals surface area contributed by atoms with Crippen LogP contribution in [0.4, 0.5) is 0 Å². The summed E-state index contributed by atoms with van der Waals surface area (Å²) < 4.78 is 32.0. The molecule has 2 heterocycles. The predicted molar refractivity (Wildman–Crippen MR) is 73.6 cm³/mol. The van der Waals surface area contributed by atoms with E-state index in [0.29, 0.717) is 4.21 Å². The normalized spacial score (nSPS) is 13.6. The Morgan fingerprint density at radius 2 is 2.22 bits per heavy atom. The molecule has 98 valence electrons. The van der Waals surface area contributed by atoms with Gasteiger partial charge in [0.25, 0.3) is 0 Å². The Hall–Kier alpha value is -0.730. The molecular weight excluding hydrogens is 290 g/mol. The summed E-state index contributed by atoms with van der Waals surface area (Å²) in [4.78, 5) is 0. The lowest BCUT2D eigenvalue weighted by Crippen LogP contribution is -2.28. The molecule has 18 heavy (non-hydrogen) atoms. The summed E-state index contributed by atoms with van der Waals surface area (Å²) >= 11 is 2.76. The highest BCUT2D eigenvalue weighted by Crippen LogP contribution is 2.20. The number of hydrogen-bond donors (Lipinski definition) is 1. The van der Waals surface area contributed by atoms with Crippen molar-refractivity contribution in [2.45, 2.75) is 10.3 Å². The van der Waals surface area contributed by atoms with Gasteiger partial charge in [0, 0.05) is 13.7 Å². The molecule has 1 unspecified atom stereocenters. The van der Waals surface area contributed by atoms with Crippen molar-refractivity contribution in [2.75, 3.05) is 13.7 Å². The molecule has 4 nitrogen and oxygen atoms in total. The van der Waals surface area contributed by atoms with Crippen LogP contribution in [0.3, 0.4) is 0 Å². The molecular formula is C11H13NO3S3. The number of rotatable bonds is 6. The van der Waals surface area contributed by atoms with Gasteiger partial charge in [-0.15, -0.1) is 11.3 Å². The maximum Gasteiger partial charge on any atom is 0.250 e. The van der Waals surface area contributed by atoms with Gasteiger partial charge in [0.1, 0.15) is 4.21 Å². The highest BCUT2D eigenvalue weighted by atomic mass is 32.2. The highest BCUT2D eigenvalue weighted by Gasteiger charge is 2.18. The minimum absolute atomic E-state index is 0.230. The maximum atomic E-state index is 11.9. The summed E-state index contributed by atoms with van der Waals surface area (Å²) in [6.45, 7) is 0.230. The average Bonchev–Trinajstić information content (AvgIpc) is 3.03. The standard InChI is InChI=1S/C11H13NO3S3/c1-15-10(9-4-6-16-8-9)7-12-18(13,14)11-3-2-5-17-11/h2-6,8,10,12H,7H2,1H3. The van der Waals surface area contributed by atoms with Gasteiger partial charge in [0.2, 0.25) is 10.0 Å². The summed E-state index contributed by atoms with van der Waals surface area (Å²) in [5.74, 6) is 0. The molecule has 2 rings (SSSR count). The summed E-state index contributed by atoms with van der Waals surface area (Å²) in [6, 6.07) is 5.23. The smallest absolute Gasteiger partial charge is 0.250 e. The van der Waals surface area contributed by atoms with Crippen LogP contribution in [-0.4, -0.2) is 22.1 Å². The van der Waals surface area contributed by atoms with Crippen molar-refractivity contribution in [3.8, 4) is 0 Å². The Kier molecular flexibility index (Phi) is 4.52. The minimum Gasteiger partial charge on any atom is -0.375 e. The predicted octanol–water partition coefficient (Wildman–Crippen LogP) is 2.48. The van der Waals surface area contributed by atoms with Crippen LogP contribution in [0.15, 0.2) is 38.5 Å². The molecule has 0 amide bonds. The van der Waals surface area contributed by atoms with E-state index in [9.17, 15) is 8.42 Å². The fourth-order valence-corrected chi connectivity index (χ4v) is 4.24. The molecule has 0 saturated carbocycles. The molecule has 0 fully saturated rings. The van der Waals surface area contributed by atoms with Crippen molar-refractivity contribution in [2.24, 2.45) is 0 Å². The van der Waals surface area contributed by atoms with Crippen LogP contribution in [0.1, 0.15) is 11.7 Å². The molecule has 0 bridgehead atoms. The fraction of sp³-hybridized carbons (Fsp3) is 0.273. The Morgan fingerprint density at radius 3 is 2.78 bits per heavy atom. The fourth-order valence-electron chi connectivity index (χ4n) is 1.47. The van der Waals surface area contributed by atoms with Crippen LogP contribution >= 0.6 is 22.7 Å². The molecule has 0 saturated heterocycles. The van der Waals surface area contributed by atoms with Crippen molar-refractivity contribution < 1.29 is 13.2 Å². The van der Waals surface area contributed by atoms with Crippen molar-refractivity contribution in [1.82, 2.24) is 4.72 Å². The Bertz CT molecular complexity index is 561. The van der Waals surface area contributed by atoms with E-state index in [1.807, 2.05) is 16.8 Å². The van der Waals surface area contributed by atoms with E-state index in [1.54, 1.807) is 36.0 Å². The van der Waals surface area contributed by atoms with Crippen LogP contribution in [0.5, 0.6) is 0 Å². The third-order valence-corrected chi connectivity index (χ3v) is 5.94. The molecule has 2 aromatic rings. The van der Waals surface area contributed by atoms with E-state index in [2.05, 4.69) is 4.72 Å². The van der Waals surface area contributed by atoms with Crippen LogP contribution in [0.25, 0.3) is 0 Å². The average molecular weight is 303 g/mol. The van der Waals surface area contributed by atoms with Gasteiger partial charge in [-0.1, -0.05) is 6.07 Å². The quantitative estimate of drug-likeness (QED) is 0.892. The van der Waals surface area contributed by atoms with Gasteiger partial charge in [-0.25, -0.2) is 13.1 Å². The zero-order valence-corrected chi connectivity index (χ0v) is 12.1. The molecule has 0 radical (unpaired) electrons. The first-order valence-electron chi connectivity index (χ1n) is 5.21. The highest BCUT2D eigenvalue weighted by molar-refractivity contribution is 7.91. The third-order valence-electron chi connectivity index (χ3n) is 2.42. The van der Waals surface area contributed by atoms with Gasteiger partial charge in [0.05, 0.1) is 6.10 Å². The zero-order valence-electron chi connectivity index (χ0n) is 9.70. The Balaban J connectivity index is 2.03. The van der Waals surface area contributed by atoms with E-state index in [1.165, 1.54) is 11.3 Å². The summed E-state index contributed by atoms with van der Waals surface area (Å²) in [6.07, 6.45) is -0.258. The second kappa shape index (κ2) is 5.94. The molecule has 0 aliphatic heterocycles. The topological polar surface area (TPSA) is 55.4 Å². The molecule has 7 heteroatoms. The molecule has 0 aliphatic rings. The van der Waals surface area contributed by atoms with Crippen LogP contribution in [0, 0.1) is 0 Å². The maximum absolute atomic E-state index is 11.9. The number of hydrogen-bond acceptors (Lipinski definition) is 5. The largest absolute Gasteiger partial charge is 0.375 e. The number of sulfonamides is 1. The second-order valence-corrected chi connectivity index (χ2v) is 7.29. The number of nitrogens with one attached hydrogen (secondary N) is 1. The first-order valence-corrected chi connectivity index (χ1v) is 8.52. The van der Waals surface area contributed by atoms with E-state index in [0.717, 1.165) is 5.56 Å². The SMILES string of the molecule is COC(CNS(=O)(=O)c1cccs1)c1ccsc1. The van der Waals surface area contributed by atoms with E-state index < -0.39 is 10.0 Å². The Morgan fingerprint density at radius 1 is 1.39 bits per heavy atom. The lowest BCUT2D eigenvalue weighted by molar-refractivity contribution is 0.107. The second-order valence-electron chi connectivity index (χ2n) is 3.57. The van der Waals surface area contributed by atoms with Gasteiger partial charge >= 0.3 is 0 Å². The van der Waals surface area contributed by atoms with Crippen molar-refractivity contribution in [3.05, 3.63) is 39.9 Å². The number of ether oxygens (including phenoxy) is 1. The molecule has 2 aromatic heterocycles. The van der Waals surface area contributed by atoms with Gasteiger partial charge in [0.15, 0.2) is 0 Å². The van der Waals surface area contributed by atoms with Gasteiger partial charge in [-0.3, -0.25) is 0 Å². The summed E-state index contributed by atoms with van der Waals surface area (Å²) in [5, 5.41) is 5.63. The van der Waals surface area contributed by atoms with Crippen molar-refractivity contribution in [1.29, 1.82) is 0 Å². The molecule has 1 atom stereocenters. The van der Waals surface area contributed by atoms with Crippen LogP contribution in [0.2, 0.25) is 0 Å². The van der Waals surface area contributed by atoms with E-state index >= 15 is 0 Å². The lowest BCUT2D eigenvalue weighted by atomic mass is 10.2. The van der Waals surface area contributed by atoms with Crippen molar-refractivity contribution in [3.63, 3.8) is 0 Å². The molecule has 0 aromatic carbocycles. The zero-order chi connectivity index (χ0) is 13.0. The summed E-state index contributed by atoms with van der Waals surface area (Å²) in [5.41, 5.74) is 0.983.